The molecule has 0 heterocycles. The third-order valence-electron chi connectivity index (χ3n) is 1.32. The van der Waals surface area contributed by atoms with Crippen LogP contribution in [0.4, 0.5) is 0 Å². The van der Waals surface area contributed by atoms with Crippen molar-refractivity contribution in [2.24, 2.45) is 5.41 Å². The van der Waals surface area contributed by atoms with Gasteiger partial charge in [-0.1, -0.05) is 38.1 Å². The average molecular weight is 244 g/mol. The van der Waals surface area contributed by atoms with Crippen molar-refractivity contribution in [2.75, 3.05) is 0 Å². The molecular formula is C9H17NaS3. The molecule has 0 aliphatic heterocycles. The Labute approximate surface area is 120 Å². The van der Waals surface area contributed by atoms with Crippen LogP contribution in [0.2, 0.25) is 0 Å². The van der Waals surface area contributed by atoms with E-state index in [0.29, 0.717) is 8.94 Å². The summed E-state index contributed by atoms with van der Waals surface area (Å²) in [5.74, 6) is 0. The third-order valence-corrected chi connectivity index (χ3v) is 2.68. The zero-order chi connectivity index (χ0) is 9.99. The topological polar surface area (TPSA) is 0 Å². The molecule has 0 rings (SSSR count). The van der Waals surface area contributed by atoms with E-state index in [1.54, 1.807) is 11.8 Å². The molecule has 0 aliphatic carbocycles. The Morgan fingerprint density at radius 1 is 1.23 bits per heavy atom. The first-order chi connectivity index (χ1) is 5.12. The molecule has 0 bridgehead atoms. The number of hydrogen-bond acceptors (Lipinski definition) is 3. The fourth-order valence-electron chi connectivity index (χ4n) is 1.54. The van der Waals surface area contributed by atoms with E-state index in [0.717, 1.165) is 6.42 Å². The van der Waals surface area contributed by atoms with E-state index in [1.807, 2.05) is 0 Å². The molecule has 0 radical (unpaired) electrons. The quantitative estimate of drug-likeness (QED) is 0.400. The van der Waals surface area contributed by atoms with E-state index in [4.69, 9.17) is 24.8 Å². The first-order valence-corrected chi connectivity index (χ1v) is 5.66. The first-order valence-electron chi connectivity index (χ1n) is 4.02. The Hall–Kier alpha value is 1.66. The van der Waals surface area contributed by atoms with Crippen molar-refractivity contribution in [1.82, 2.24) is 0 Å². The molecule has 0 aromatic carbocycles. The average Bonchev–Trinajstić information content (AvgIpc) is 1.48. The van der Waals surface area contributed by atoms with Gasteiger partial charge in [0.05, 0.1) is 0 Å². The standard InChI is InChI=1S/C9H18S3.Na/c1-8(2,3)6-9(4,5)12-7(10)11;/h6H2,1-5H3,(H,10,11);/q;+1/p-1. The summed E-state index contributed by atoms with van der Waals surface area (Å²) in [6.07, 6.45) is 1.13. The van der Waals surface area contributed by atoms with E-state index in [1.165, 1.54) is 0 Å². The molecule has 0 saturated heterocycles. The van der Waals surface area contributed by atoms with Crippen molar-refractivity contribution in [1.29, 1.82) is 0 Å². The largest absolute Gasteiger partial charge is 1.00 e. The maximum absolute atomic E-state index is 4.91. The number of thioether (sulfide) groups is 1. The fourth-order valence-corrected chi connectivity index (χ4v) is 3.85. The van der Waals surface area contributed by atoms with Crippen LogP contribution in [-0.4, -0.2) is 8.28 Å². The van der Waals surface area contributed by atoms with Crippen LogP contribution in [-0.2, 0) is 12.6 Å². The zero-order valence-corrected chi connectivity index (χ0v) is 13.9. The summed E-state index contributed by atoms with van der Waals surface area (Å²) in [5, 5.41) is 0. The Morgan fingerprint density at radius 2 is 1.62 bits per heavy atom. The summed E-state index contributed by atoms with van der Waals surface area (Å²) >= 11 is 11.5. The minimum absolute atomic E-state index is 0. The maximum Gasteiger partial charge on any atom is 1.00 e. The van der Waals surface area contributed by atoms with Crippen LogP contribution in [0.5, 0.6) is 0 Å². The summed E-state index contributed by atoms with van der Waals surface area (Å²) < 4.78 is 0.807. The van der Waals surface area contributed by atoms with Crippen LogP contribution in [0, 0.1) is 5.41 Å². The summed E-state index contributed by atoms with van der Waals surface area (Å²) in [6, 6.07) is 0. The van der Waals surface area contributed by atoms with Gasteiger partial charge in [-0.05, 0) is 11.8 Å². The summed E-state index contributed by atoms with van der Waals surface area (Å²) in [6.45, 7) is 11.1. The van der Waals surface area contributed by atoms with Gasteiger partial charge in [-0.2, -0.15) is 0 Å². The number of thiocarbonyl (C=S) groups is 1. The Kier molecular flexibility index (Phi) is 8.26. The van der Waals surface area contributed by atoms with Gasteiger partial charge in [-0.25, -0.2) is 0 Å². The minimum Gasteiger partial charge on any atom is -0.422 e. The van der Waals surface area contributed by atoms with Gasteiger partial charge in [-0.3, -0.25) is 0 Å². The first kappa shape index (κ1) is 17.1. The van der Waals surface area contributed by atoms with Crippen molar-refractivity contribution in [3.05, 3.63) is 0 Å². The summed E-state index contributed by atoms with van der Waals surface area (Å²) in [5.41, 5.74) is 0.344. The van der Waals surface area contributed by atoms with Crippen LogP contribution in [0.15, 0.2) is 0 Å². The number of rotatable bonds is 2. The molecular weight excluding hydrogens is 227 g/mol. The molecule has 72 valence electrons. The van der Waals surface area contributed by atoms with Crippen molar-refractivity contribution in [2.45, 2.75) is 45.8 Å². The fraction of sp³-hybridized carbons (Fsp3) is 0.889. The van der Waals surface area contributed by atoms with Crippen LogP contribution >= 0.6 is 24.0 Å². The molecule has 0 aromatic heterocycles. The van der Waals surface area contributed by atoms with Crippen LogP contribution < -0.4 is 29.6 Å². The monoisotopic (exact) mass is 244 g/mol. The molecule has 0 unspecified atom stereocenters. The molecule has 0 aliphatic rings. The second kappa shape index (κ2) is 6.29. The van der Waals surface area contributed by atoms with Crippen LogP contribution in [0.1, 0.15) is 41.0 Å². The van der Waals surface area contributed by atoms with Gasteiger partial charge in [0, 0.05) is 4.75 Å². The molecule has 4 heteroatoms. The normalized spacial score (nSPS) is 12.1. The second-order valence-electron chi connectivity index (χ2n) is 4.85. The molecule has 13 heavy (non-hydrogen) atoms. The SMILES string of the molecule is CC(C)(C)CC(C)(C)SC(=S)[S-].[Na+]. The van der Waals surface area contributed by atoms with Crippen molar-refractivity contribution >= 4 is 40.1 Å². The van der Waals surface area contributed by atoms with Gasteiger partial charge in [0.2, 0.25) is 0 Å². The Balaban J connectivity index is 0. The van der Waals surface area contributed by atoms with Gasteiger partial charge in [0.1, 0.15) is 0 Å². The van der Waals surface area contributed by atoms with Crippen molar-refractivity contribution < 1.29 is 29.6 Å². The second-order valence-corrected chi connectivity index (χ2v) is 8.16. The molecule has 0 nitrogen and oxygen atoms in total. The Bertz CT molecular complexity index is 170. The van der Waals surface area contributed by atoms with E-state index in [-0.39, 0.29) is 34.3 Å². The van der Waals surface area contributed by atoms with Gasteiger partial charge in [0.15, 0.2) is 0 Å². The van der Waals surface area contributed by atoms with Gasteiger partial charge < -0.3 is 24.8 Å². The predicted octanol–water partition coefficient (Wildman–Crippen LogP) is 0.770. The van der Waals surface area contributed by atoms with Crippen molar-refractivity contribution in [3.8, 4) is 0 Å². The van der Waals surface area contributed by atoms with E-state index >= 15 is 0 Å². The molecule has 0 saturated carbocycles. The zero-order valence-electron chi connectivity index (χ0n) is 9.43. The summed E-state index contributed by atoms with van der Waals surface area (Å²) in [7, 11) is 0. The smallest absolute Gasteiger partial charge is 0.422 e. The molecule has 0 fully saturated rings. The molecule has 0 atom stereocenters. The van der Waals surface area contributed by atoms with E-state index in [2.05, 4.69) is 34.6 Å². The van der Waals surface area contributed by atoms with Gasteiger partial charge in [0.25, 0.3) is 0 Å². The van der Waals surface area contributed by atoms with Gasteiger partial charge in [-0.15, -0.1) is 11.8 Å². The van der Waals surface area contributed by atoms with E-state index < -0.39 is 0 Å². The summed E-state index contributed by atoms with van der Waals surface area (Å²) in [4.78, 5) is 0. The van der Waals surface area contributed by atoms with Crippen LogP contribution in [0.3, 0.4) is 0 Å². The Morgan fingerprint density at radius 3 is 1.85 bits per heavy atom. The molecule has 0 N–H and O–H groups in total. The third kappa shape index (κ3) is 11.6. The predicted molar refractivity (Wildman–Crippen MR) is 65.7 cm³/mol. The number of hydrogen-bond donors (Lipinski definition) is 0. The van der Waals surface area contributed by atoms with Crippen LogP contribution in [0.25, 0.3) is 0 Å². The van der Waals surface area contributed by atoms with Crippen molar-refractivity contribution in [3.63, 3.8) is 0 Å². The maximum atomic E-state index is 4.91. The molecule has 0 amide bonds. The van der Waals surface area contributed by atoms with Gasteiger partial charge >= 0.3 is 29.6 Å². The molecule has 0 spiro atoms. The molecule has 0 aromatic rings. The minimum atomic E-state index is 0. The van der Waals surface area contributed by atoms with E-state index in [9.17, 15) is 0 Å².